The lowest BCUT2D eigenvalue weighted by Crippen LogP contribution is -2.32. The van der Waals surface area contributed by atoms with E-state index in [1.807, 2.05) is 6.07 Å². The number of rotatable bonds is 8. The van der Waals surface area contributed by atoms with Crippen molar-refractivity contribution in [2.45, 2.75) is 38.6 Å². The molecule has 0 aliphatic carbocycles. The second-order valence-electron chi connectivity index (χ2n) is 6.07. The van der Waals surface area contributed by atoms with Gasteiger partial charge in [0.1, 0.15) is 0 Å². The SMILES string of the molecule is CCCC(Cc1ccc2c(c1)OCO2)NCCc1ccccc1. The Bertz CT molecular complexity index is 612. The molecule has 2 aromatic carbocycles. The third-order valence-electron chi connectivity index (χ3n) is 4.25. The van der Waals surface area contributed by atoms with E-state index in [0.29, 0.717) is 12.8 Å². The Morgan fingerprint density at radius 1 is 1.00 bits per heavy atom. The molecule has 122 valence electrons. The Morgan fingerprint density at radius 3 is 2.65 bits per heavy atom. The maximum Gasteiger partial charge on any atom is 0.231 e. The van der Waals surface area contributed by atoms with Crippen LogP contribution in [0.2, 0.25) is 0 Å². The van der Waals surface area contributed by atoms with Crippen LogP contribution in [-0.4, -0.2) is 19.4 Å². The average Bonchev–Trinajstić information content (AvgIpc) is 3.04. The van der Waals surface area contributed by atoms with E-state index in [2.05, 4.69) is 54.7 Å². The number of fused-ring (bicyclic) bond motifs is 1. The highest BCUT2D eigenvalue weighted by atomic mass is 16.7. The molecule has 0 aromatic heterocycles. The lowest BCUT2D eigenvalue weighted by molar-refractivity contribution is 0.174. The minimum absolute atomic E-state index is 0.340. The van der Waals surface area contributed by atoms with Gasteiger partial charge < -0.3 is 14.8 Å². The molecule has 0 radical (unpaired) electrons. The Hall–Kier alpha value is -2.00. The van der Waals surface area contributed by atoms with Crippen molar-refractivity contribution in [2.75, 3.05) is 13.3 Å². The highest BCUT2D eigenvalue weighted by Gasteiger charge is 2.15. The first-order valence-corrected chi connectivity index (χ1v) is 8.51. The number of benzene rings is 2. The molecule has 1 atom stereocenters. The third kappa shape index (κ3) is 4.49. The van der Waals surface area contributed by atoms with Gasteiger partial charge in [0.15, 0.2) is 11.5 Å². The molecule has 1 heterocycles. The average molecular weight is 311 g/mol. The van der Waals surface area contributed by atoms with E-state index in [1.165, 1.54) is 24.0 Å². The highest BCUT2D eigenvalue weighted by molar-refractivity contribution is 5.44. The standard InChI is InChI=1S/C20H25NO2/c1-2-6-18(21-12-11-16-7-4-3-5-8-16)13-17-9-10-19-20(14-17)23-15-22-19/h3-5,7-10,14,18,21H,2,6,11-13,15H2,1H3. The van der Waals surface area contributed by atoms with Gasteiger partial charge >= 0.3 is 0 Å². The minimum atomic E-state index is 0.340. The van der Waals surface area contributed by atoms with Crippen molar-refractivity contribution >= 4 is 0 Å². The molecule has 0 saturated carbocycles. The fourth-order valence-corrected chi connectivity index (χ4v) is 3.04. The van der Waals surface area contributed by atoms with Crippen molar-refractivity contribution in [1.82, 2.24) is 5.32 Å². The molecule has 3 rings (SSSR count). The van der Waals surface area contributed by atoms with E-state index >= 15 is 0 Å². The summed E-state index contributed by atoms with van der Waals surface area (Å²) in [6.45, 7) is 3.59. The Balaban J connectivity index is 1.54. The quantitative estimate of drug-likeness (QED) is 0.800. The first-order valence-electron chi connectivity index (χ1n) is 8.51. The van der Waals surface area contributed by atoms with Gasteiger partial charge in [-0.2, -0.15) is 0 Å². The second-order valence-corrected chi connectivity index (χ2v) is 6.07. The smallest absolute Gasteiger partial charge is 0.231 e. The van der Waals surface area contributed by atoms with E-state index < -0.39 is 0 Å². The lowest BCUT2D eigenvalue weighted by atomic mass is 10.0. The summed E-state index contributed by atoms with van der Waals surface area (Å²) in [6.07, 6.45) is 4.47. The molecule has 0 saturated heterocycles. The van der Waals surface area contributed by atoms with Crippen molar-refractivity contribution in [2.24, 2.45) is 0 Å². The number of nitrogens with one attached hydrogen (secondary N) is 1. The summed E-state index contributed by atoms with van der Waals surface area (Å²) in [7, 11) is 0. The van der Waals surface area contributed by atoms with Gasteiger partial charge in [-0.1, -0.05) is 49.7 Å². The molecular formula is C20H25NO2. The molecule has 23 heavy (non-hydrogen) atoms. The van der Waals surface area contributed by atoms with E-state index in [9.17, 15) is 0 Å². The van der Waals surface area contributed by atoms with Crippen LogP contribution < -0.4 is 14.8 Å². The fourth-order valence-electron chi connectivity index (χ4n) is 3.04. The topological polar surface area (TPSA) is 30.5 Å². The van der Waals surface area contributed by atoms with Gasteiger partial charge in [0.05, 0.1) is 0 Å². The minimum Gasteiger partial charge on any atom is -0.454 e. The Labute approximate surface area is 138 Å². The molecule has 1 aliphatic heterocycles. The highest BCUT2D eigenvalue weighted by Crippen LogP contribution is 2.32. The van der Waals surface area contributed by atoms with Gasteiger partial charge in [-0.25, -0.2) is 0 Å². The third-order valence-corrected chi connectivity index (χ3v) is 4.25. The molecule has 0 spiro atoms. The summed E-state index contributed by atoms with van der Waals surface area (Å²) < 4.78 is 10.9. The largest absolute Gasteiger partial charge is 0.454 e. The Morgan fingerprint density at radius 2 is 1.83 bits per heavy atom. The van der Waals surface area contributed by atoms with Crippen molar-refractivity contribution in [3.8, 4) is 11.5 Å². The summed E-state index contributed by atoms with van der Waals surface area (Å²) in [6, 6.07) is 17.4. The lowest BCUT2D eigenvalue weighted by Gasteiger charge is -2.18. The molecule has 3 heteroatoms. The zero-order valence-corrected chi connectivity index (χ0v) is 13.8. The van der Waals surface area contributed by atoms with Gasteiger partial charge in [0.2, 0.25) is 6.79 Å². The van der Waals surface area contributed by atoms with Crippen LogP contribution in [0.15, 0.2) is 48.5 Å². The van der Waals surface area contributed by atoms with Crippen LogP contribution in [0.3, 0.4) is 0 Å². The summed E-state index contributed by atoms with van der Waals surface area (Å²) in [4.78, 5) is 0. The van der Waals surface area contributed by atoms with Crippen molar-refractivity contribution in [3.63, 3.8) is 0 Å². The predicted molar refractivity (Wildman–Crippen MR) is 93.1 cm³/mol. The maximum absolute atomic E-state index is 5.48. The molecule has 0 bridgehead atoms. The van der Waals surface area contributed by atoms with Crippen LogP contribution in [0, 0.1) is 0 Å². The van der Waals surface area contributed by atoms with E-state index in [1.54, 1.807) is 0 Å². The van der Waals surface area contributed by atoms with Crippen LogP contribution >= 0.6 is 0 Å². The van der Waals surface area contributed by atoms with Crippen LogP contribution in [0.5, 0.6) is 11.5 Å². The molecule has 1 N–H and O–H groups in total. The van der Waals surface area contributed by atoms with Gasteiger partial charge in [-0.05, 0) is 49.1 Å². The van der Waals surface area contributed by atoms with Crippen molar-refractivity contribution in [1.29, 1.82) is 0 Å². The summed E-state index contributed by atoms with van der Waals surface area (Å²) in [5.74, 6) is 1.74. The predicted octanol–water partition coefficient (Wildman–Crippen LogP) is 3.96. The Kier molecular flexibility index (Phi) is 5.54. The van der Waals surface area contributed by atoms with Gasteiger partial charge in [-0.3, -0.25) is 0 Å². The van der Waals surface area contributed by atoms with Crippen LogP contribution in [0.25, 0.3) is 0 Å². The molecule has 0 amide bonds. The van der Waals surface area contributed by atoms with Crippen LogP contribution in [0.4, 0.5) is 0 Å². The molecular weight excluding hydrogens is 286 g/mol. The van der Waals surface area contributed by atoms with E-state index in [0.717, 1.165) is 30.9 Å². The fraction of sp³-hybridized carbons (Fsp3) is 0.400. The van der Waals surface area contributed by atoms with E-state index in [-0.39, 0.29) is 0 Å². The molecule has 2 aromatic rings. The maximum atomic E-state index is 5.48. The summed E-state index contributed by atoms with van der Waals surface area (Å²) >= 11 is 0. The van der Waals surface area contributed by atoms with Crippen LogP contribution in [0.1, 0.15) is 30.9 Å². The summed E-state index contributed by atoms with van der Waals surface area (Å²) in [5.41, 5.74) is 2.69. The second kappa shape index (κ2) is 8.02. The van der Waals surface area contributed by atoms with Crippen LogP contribution in [-0.2, 0) is 12.8 Å². The zero-order chi connectivity index (χ0) is 15.9. The van der Waals surface area contributed by atoms with Gasteiger partial charge in [0, 0.05) is 6.04 Å². The number of ether oxygens (including phenoxy) is 2. The van der Waals surface area contributed by atoms with Crippen molar-refractivity contribution in [3.05, 3.63) is 59.7 Å². The first kappa shape index (κ1) is 15.9. The van der Waals surface area contributed by atoms with Gasteiger partial charge in [0.25, 0.3) is 0 Å². The summed E-state index contributed by atoms with van der Waals surface area (Å²) in [5, 5.41) is 3.71. The molecule has 0 fully saturated rings. The van der Waals surface area contributed by atoms with E-state index in [4.69, 9.17) is 9.47 Å². The number of hydrogen-bond donors (Lipinski definition) is 1. The monoisotopic (exact) mass is 311 g/mol. The zero-order valence-electron chi connectivity index (χ0n) is 13.8. The normalized spacial score (nSPS) is 14.0. The first-order chi connectivity index (χ1) is 11.3. The van der Waals surface area contributed by atoms with Crippen molar-refractivity contribution < 1.29 is 9.47 Å². The molecule has 1 aliphatic rings. The molecule has 1 unspecified atom stereocenters. The number of hydrogen-bond acceptors (Lipinski definition) is 3. The van der Waals surface area contributed by atoms with Gasteiger partial charge in [-0.15, -0.1) is 0 Å². The molecule has 3 nitrogen and oxygen atoms in total.